The zero-order valence-corrected chi connectivity index (χ0v) is 17.9. The molecule has 4 heteroatoms. The average molecular weight is 387 g/mol. The molecule has 6 rings (SSSR count). The van der Waals surface area contributed by atoms with Crippen molar-refractivity contribution in [3.8, 4) is 0 Å². The summed E-state index contributed by atoms with van der Waals surface area (Å²) >= 11 is 0. The first-order valence-corrected chi connectivity index (χ1v) is 12.0. The molecule has 5 aliphatic carbocycles. The van der Waals surface area contributed by atoms with E-state index in [2.05, 4.69) is 23.8 Å². The minimum absolute atomic E-state index is 0.00191. The number of carbonyl (C=O) groups is 1. The van der Waals surface area contributed by atoms with Gasteiger partial charge in [-0.05, 0) is 93.4 Å². The number of aliphatic hydroxyl groups is 1. The van der Waals surface area contributed by atoms with Crippen molar-refractivity contribution in [3.63, 3.8) is 0 Å². The molecule has 1 saturated heterocycles. The highest BCUT2D eigenvalue weighted by Crippen LogP contribution is 2.83. The molecule has 156 valence electrons. The Labute approximate surface area is 170 Å². The fourth-order valence-corrected chi connectivity index (χ4v) is 9.42. The number of nitrogens with zero attached hydrogens (tertiary/aromatic N) is 2. The van der Waals surface area contributed by atoms with Gasteiger partial charge in [-0.2, -0.15) is 0 Å². The first-order chi connectivity index (χ1) is 13.3. The van der Waals surface area contributed by atoms with Gasteiger partial charge in [0.25, 0.3) is 0 Å². The van der Waals surface area contributed by atoms with Crippen molar-refractivity contribution in [2.24, 2.45) is 34.0 Å². The van der Waals surface area contributed by atoms with Gasteiger partial charge in [0, 0.05) is 38.0 Å². The minimum atomic E-state index is -0.555. The summed E-state index contributed by atoms with van der Waals surface area (Å²) in [5, 5.41) is 11.7. The van der Waals surface area contributed by atoms with Crippen molar-refractivity contribution in [2.75, 3.05) is 33.2 Å². The van der Waals surface area contributed by atoms with E-state index < -0.39 is 5.72 Å². The number of hydrogen-bond acceptors (Lipinski definition) is 4. The van der Waals surface area contributed by atoms with Crippen LogP contribution in [0, 0.1) is 34.0 Å². The summed E-state index contributed by atoms with van der Waals surface area (Å²) in [4.78, 5) is 17.4. The molecule has 5 saturated carbocycles. The van der Waals surface area contributed by atoms with E-state index in [0.717, 1.165) is 70.1 Å². The van der Waals surface area contributed by atoms with Crippen molar-refractivity contribution in [3.05, 3.63) is 0 Å². The summed E-state index contributed by atoms with van der Waals surface area (Å²) in [6.45, 7) is 6.50. The van der Waals surface area contributed by atoms with Gasteiger partial charge < -0.3 is 10.0 Å². The van der Waals surface area contributed by atoms with E-state index in [-0.39, 0.29) is 5.41 Å². The van der Waals surface area contributed by atoms with Gasteiger partial charge in [0.2, 0.25) is 0 Å². The lowest BCUT2D eigenvalue weighted by molar-refractivity contribution is -0.180. The van der Waals surface area contributed by atoms with E-state index in [0.29, 0.717) is 22.5 Å². The van der Waals surface area contributed by atoms with Gasteiger partial charge in [0.1, 0.15) is 11.5 Å². The fourth-order valence-electron chi connectivity index (χ4n) is 9.42. The highest BCUT2D eigenvalue weighted by Gasteiger charge is 2.77. The highest BCUT2D eigenvalue weighted by atomic mass is 16.3. The van der Waals surface area contributed by atoms with Crippen LogP contribution < -0.4 is 0 Å². The molecule has 0 amide bonds. The zero-order valence-electron chi connectivity index (χ0n) is 17.9. The van der Waals surface area contributed by atoms with Crippen molar-refractivity contribution >= 4 is 5.78 Å². The van der Waals surface area contributed by atoms with Crippen LogP contribution in [0.25, 0.3) is 0 Å². The molecule has 0 bridgehead atoms. The summed E-state index contributed by atoms with van der Waals surface area (Å²) < 4.78 is 0. The van der Waals surface area contributed by atoms with E-state index in [9.17, 15) is 9.90 Å². The Balaban J connectivity index is 1.24. The molecule has 0 aromatic carbocycles. The summed E-state index contributed by atoms with van der Waals surface area (Å²) in [5.41, 5.74) is 0.380. The third-order valence-electron chi connectivity index (χ3n) is 11.1. The molecule has 0 aromatic rings. The maximum Gasteiger partial charge on any atom is 0.139 e. The maximum atomic E-state index is 12.6. The third kappa shape index (κ3) is 2.15. The van der Waals surface area contributed by atoms with E-state index in [4.69, 9.17) is 0 Å². The summed E-state index contributed by atoms with van der Waals surface area (Å²) in [6.07, 6.45) is 11.6. The van der Waals surface area contributed by atoms with E-state index in [1.165, 1.54) is 32.1 Å². The second kappa shape index (κ2) is 5.62. The first-order valence-electron chi connectivity index (χ1n) is 12.0. The number of piperazine rings is 1. The van der Waals surface area contributed by atoms with Gasteiger partial charge in [0.15, 0.2) is 0 Å². The normalized spacial score (nSPS) is 56.5. The number of rotatable bonds is 1. The van der Waals surface area contributed by atoms with Crippen LogP contribution in [0.1, 0.15) is 71.1 Å². The SMILES string of the molecule is CN1CCN([C@]2(O)CC[C@@]34C[C@@]3(CC[C@@H]3[C@@H]4CC[C@]4(C)C(=O)CC[C@@H]34)C2)CC1. The van der Waals surface area contributed by atoms with Crippen LogP contribution >= 0.6 is 0 Å². The number of ketones is 1. The number of fused-ring (bicyclic) bond motifs is 3. The Morgan fingerprint density at radius 3 is 2.50 bits per heavy atom. The maximum absolute atomic E-state index is 12.6. The van der Waals surface area contributed by atoms with Gasteiger partial charge in [-0.3, -0.25) is 9.69 Å². The molecular weight excluding hydrogens is 348 g/mol. The van der Waals surface area contributed by atoms with Crippen LogP contribution in [-0.2, 0) is 4.79 Å². The van der Waals surface area contributed by atoms with Crippen LogP contribution in [0.15, 0.2) is 0 Å². The molecule has 0 radical (unpaired) electrons. The number of carbonyl (C=O) groups excluding carboxylic acids is 1. The lowest BCUT2D eigenvalue weighted by atomic mass is 9.50. The van der Waals surface area contributed by atoms with Crippen LogP contribution in [0.4, 0.5) is 0 Å². The number of likely N-dealkylation sites (N-methyl/N-ethyl adjacent to an activating group) is 1. The van der Waals surface area contributed by atoms with Crippen molar-refractivity contribution in [1.29, 1.82) is 0 Å². The van der Waals surface area contributed by atoms with Gasteiger partial charge >= 0.3 is 0 Å². The Morgan fingerprint density at radius 2 is 1.71 bits per heavy atom. The minimum Gasteiger partial charge on any atom is -0.376 e. The van der Waals surface area contributed by atoms with E-state index >= 15 is 0 Å². The fraction of sp³-hybridized carbons (Fsp3) is 0.958. The lowest BCUT2D eigenvalue weighted by Crippen LogP contribution is -2.60. The van der Waals surface area contributed by atoms with Crippen LogP contribution in [-0.4, -0.2) is 59.6 Å². The second-order valence-corrected chi connectivity index (χ2v) is 11.9. The first kappa shape index (κ1) is 18.3. The van der Waals surface area contributed by atoms with Crippen molar-refractivity contribution in [1.82, 2.24) is 9.80 Å². The highest BCUT2D eigenvalue weighted by molar-refractivity contribution is 5.87. The molecule has 0 aromatic heterocycles. The number of Topliss-reactive ketones (excluding diaryl/α,β-unsaturated/α-hetero) is 1. The molecule has 7 atom stereocenters. The molecule has 1 aliphatic heterocycles. The van der Waals surface area contributed by atoms with Gasteiger partial charge in [-0.25, -0.2) is 0 Å². The topological polar surface area (TPSA) is 43.8 Å². The van der Waals surface area contributed by atoms with E-state index in [1.54, 1.807) is 0 Å². The second-order valence-electron chi connectivity index (χ2n) is 11.9. The molecule has 4 nitrogen and oxygen atoms in total. The average Bonchev–Trinajstić information content (AvgIpc) is 3.26. The molecule has 6 aliphatic rings. The van der Waals surface area contributed by atoms with E-state index in [1.807, 2.05) is 0 Å². The monoisotopic (exact) mass is 386 g/mol. The summed E-state index contributed by atoms with van der Waals surface area (Å²) in [5.74, 6) is 2.84. The molecular formula is C24H38N2O2. The van der Waals surface area contributed by atoms with Crippen LogP contribution in [0.2, 0.25) is 0 Å². The molecule has 6 fully saturated rings. The van der Waals surface area contributed by atoms with Gasteiger partial charge in [0.05, 0.1) is 0 Å². The lowest BCUT2D eigenvalue weighted by Gasteiger charge is -2.57. The van der Waals surface area contributed by atoms with Gasteiger partial charge in [-0.1, -0.05) is 6.92 Å². The van der Waals surface area contributed by atoms with Gasteiger partial charge in [-0.15, -0.1) is 0 Å². The number of hydrogen-bond donors (Lipinski definition) is 1. The van der Waals surface area contributed by atoms with Crippen LogP contribution in [0.3, 0.4) is 0 Å². The summed E-state index contributed by atoms with van der Waals surface area (Å²) in [6, 6.07) is 0. The molecule has 1 N–H and O–H groups in total. The molecule has 0 spiro atoms. The molecule has 0 unspecified atom stereocenters. The Kier molecular flexibility index (Phi) is 3.68. The van der Waals surface area contributed by atoms with Crippen molar-refractivity contribution in [2.45, 2.75) is 76.9 Å². The summed E-state index contributed by atoms with van der Waals surface area (Å²) in [7, 11) is 2.19. The Bertz CT molecular complexity index is 703. The van der Waals surface area contributed by atoms with Crippen LogP contribution in [0.5, 0.6) is 0 Å². The zero-order chi connectivity index (χ0) is 19.4. The standard InChI is InChI=1S/C24H38N2O2/c1-21-7-6-19-17(18(21)3-4-20(21)27)5-8-22-15-23(19,22)9-10-24(28,16-22)26-13-11-25(2)12-14-26/h17-19,28H,3-16H2,1-2H3/t17-,18-,19-,21-,22-,23-,24-/m0/s1. The molecule has 28 heavy (non-hydrogen) atoms. The molecule has 1 heterocycles. The smallest absolute Gasteiger partial charge is 0.139 e. The quantitative estimate of drug-likeness (QED) is 0.751. The third-order valence-corrected chi connectivity index (χ3v) is 11.1. The van der Waals surface area contributed by atoms with Crippen molar-refractivity contribution < 1.29 is 9.90 Å². The largest absolute Gasteiger partial charge is 0.376 e. The predicted molar refractivity (Wildman–Crippen MR) is 109 cm³/mol. The Morgan fingerprint density at radius 1 is 0.929 bits per heavy atom. The predicted octanol–water partition coefficient (Wildman–Crippen LogP) is 3.29. The Hall–Kier alpha value is -0.450.